The van der Waals surface area contributed by atoms with Crippen molar-refractivity contribution in [3.8, 4) is 0 Å². The summed E-state index contributed by atoms with van der Waals surface area (Å²) >= 11 is 0. The van der Waals surface area contributed by atoms with Crippen LogP contribution in [0.3, 0.4) is 0 Å². The van der Waals surface area contributed by atoms with Crippen LogP contribution in [0.1, 0.15) is 25.7 Å². The molecule has 4 amide bonds. The second-order valence-corrected chi connectivity index (χ2v) is 4.68. The molecule has 0 bridgehead atoms. The van der Waals surface area contributed by atoms with Gasteiger partial charge in [-0.3, -0.25) is 10.6 Å². The number of nitrogens with one attached hydrogen (secondary N) is 6. The van der Waals surface area contributed by atoms with Crippen molar-refractivity contribution in [3.05, 3.63) is 0 Å². The van der Waals surface area contributed by atoms with Crippen LogP contribution in [0.2, 0.25) is 0 Å². The van der Waals surface area contributed by atoms with Gasteiger partial charge in [-0.25, -0.2) is 19.8 Å². The van der Waals surface area contributed by atoms with E-state index in [4.69, 9.17) is 0 Å². The summed E-state index contributed by atoms with van der Waals surface area (Å²) in [6, 6.07) is -0.734. The summed E-state index contributed by atoms with van der Waals surface area (Å²) in [5, 5.41) is 35.5. The molecule has 2 aromatic rings. The zero-order chi connectivity index (χ0) is 17.0. The molecule has 130 valence electrons. The SMILES string of the molecule is O=C(NCCCCCCNC(=O)Nc1nnn[nH]1)Nc1nnn[nH]1. The number of hydrogen-bond acceptors (Lipinski definition) is 8. The molecule has 0 aromatic carbocycles. The average molecular weight is 338 g/mol. The first-order valence-corrected chi connectivity index (χ1v) is 7.31. The normalized spacial score (nSPS) is 10.2. The fraction of sp³-hybridized carbons (Fsp3) is 0.600. The number of nitrogens with zero attached hydrogens (tertiary/aromatic N) is 6. The predicted octanol–water partition coefficient (Wildman–Crippen LogP) is -0.784. The van der Waals surface area contributed by atoms with Gasteiger partial charge in [0.2, 0.25) is 11.9 Å². The highest BCUT2D eigenvalue weighted by atomic mass is 16.2. The molecule has 0 aliphatic rings. The van der Waals surface area contributed by atoms with Crippen molar-refractivity contribution in [3.63, 3.8) is 0 Å². The third-order valence-electron chi connectivity index (χ3n) is 2.83. The van der Waals surface area contributed by atoms with Gasteiger partial charge in [-0.05, 0) is 33.7 Å². The van der Waals surface area contributed by atoms with Gasteiger partial charge in [0.1, 0.15) is 0 Å². The van der Waals surface area contributed by atoms with Gasteiger partial charge >= 0.3 is 12.1 Å². The Balaban J connectivity index is 1.40. The number of aromatic nitrogens is 8. The first kappa shape index (κ1) is 17.0. The summed E-state index contributed by atoms with van der Waals surface area (Å²) in [5.74, 6) is 0.385. The number of tetrazole rings is 2. The second kappa shape index (κ2) is 9.65. The summed E-state index contributed by atoms with van der Waals surface area (Å²) in [6.45, 7) is 1.08. The molecule has 0 saturated carbocycles. The van der Waals surface area contributed by atoms with Crippen molar-refractivity contribution in [2.75, 3.05) is 23.7 Å². The van der Waals surface area contributed by atoms with Crippen LogP contribution >= 0.6 is 0 Å². The summed E-state index contributed by atoms with van der Waals surface area (Å²) in [4.78, 5) is 22.9. The third kappa shape index (κ3) is 6.63. The summed E-state index contributed by atoms with van der Waals surface area (Å²) < 4.78 is 0. The summed E-state index contributed by atoms with van der Waals surface area (Å²) in [6.07, 6.45) is 3.52. The highest BCUT2D eigenvalue weighted by Crippen LogP contribution is 1.98. The Morgan fingerprint density at radius 1 is 0.750 bits per heavy atom. The molecule has 2 rings (SSSR count). The van der Waals surface area contributed by atoms with Gasteiger partial charge in [-0.1, -0.05) is 23.0 Å². The number of H-pyrrole nitrogens is 2. The Hall–Kier alpha value is -3.32. The molecule has 0 fully saturated rings. The molecule has 0 spiro atoms. The van der Waals surface area contributed by atoms with E-state index in [2.05, 4.69) is 62.5 Å². The van der Waals surface area contributed by atoms with Crippen LogP contribution in [0.25, 0.3) is 0 Å². The fourth-order valence-electron chi connectivity index (χ4n) is 1.74. The molecule has 0 saturated heterocycles. The van der Waals surface area contributed by atoms with Crippen molar-refractivity contribution in [1.82, 2.24) is 51.9 Å². The van der Waals surface area contributed by atoms with Gasteiger partial charge in [0, 0.05) is 13.1 Å². The van der Waals surface area contributed by atoms with Crippen LogP contribution in [0.4, 0.5) is 21.5 Å². The number of urea groups is 2. The number of hydrogen-bond donors (Lipinski definition) is 6. The Morgan fingerprint density at radius 2 is 1.21 bits per heavy atom. The monoisotopic (exact) mass is 338 g/mol. The lowest BCUT2D eigenvalue weighted by Crippen LogP contribution is -2.30. The first-order valence-electron chi connectivity index (χ1n) is 7.31. The van der Waals surface area contributed by atoms with Gasteiger partial charge in [-0.2, -0.15) is 0 Å². The van der Waals surface area contributed by atoms with E-state index in [9.17, 15) is 9.59 Å². The zero-order valence-corrected chi connectivity index (χ0v) is 12.7. The third-order valence-corrected chi connectivity index (χ3v) is 2.83. The molecule has 24 heavy (non-hydrogen) atoms. The second-order valence-electron chi connectivity index (χ2n) is 4.68. The zero-order valence-electron chi connectivity index (χ0n) is 12.7. The van der Waals surface area contributed by atoms with Crippen LogP contribution in [0.5, 0.6) is 0 Å². The van der Waals surface area contributed by atoms with Crippen LogP contribution in [0.15, 0.2) is 0 Å². The van der Waals surface area contributed by atoms with Crippen molar-refractivity contribution >= 4 is 24.0 Å². The van der Waals surface area contributed by atoms with Gasteiger partial charge in [-0.15, -0.1) is 0 Å². The molecule has 2 aromatic heterocycles. The largest absolute Gasteiger partial charge is 0.338 e. The first-order chi connectivity index (χ1) is 11.7. The van der Waals surface area contributed by atoms with Gasteiger partial charge < -0.3 is 10.6 Å². The lowest BCUT2D eigenvalue weighted by atomic mass is 10.2. The Kier molecular flexibility index (Phi) is 6.85. The number of unbranched alkanes of at least 4 members (excludes halogenated alkanes) is 3. The Labute approximate surface area is 135 Å². The Morgan fingerprint density at radius 3 is 1.58 bits per heavy atom. The summed E-state index contributed by atoms with van der Waals surface area (Å²) in [7, 11) is 0. The highest BCUT2D eigenvalue weighted by molar-refractivity contribution is 5.87. The lowest BCUT2D eigenvalue weighted by molar-refractivity contribution is 0.250. The van der Waals surface area contributed by atoms with E-state index < -0.39 is 0 Å². The predicted molar refractivity (Wildman–Crippen MR) is 80.9 cm³/mol. The minimum atomic E-state index is -0.367. The smallest absolute Gasteiger partial charge is 0.321 e. The minimum absolute atomic E-state index is 0.193. The van der Waals surface area contributed by atoms with E-state index in [0.717, 1.165) is 25.7 Å². The number of anilines is 2. The number of carbonyl (C=O) groups is 2. The van der Waals surface area contributed by atoms with E-state index >= 15 is 0 Å². The van der Waals surface area contributed by atoms with Gasteiger partial charge in [0.05, 0.1) is 0 Å². The number of carbonyl (C=O) groups excluding carboxylic acids is 2. The van der Waals surface area contributed by atoms with E-state index in [0.29, 0.717) is 13.1 Å². The molecule has 2 heterocycles. The van der Waals surface area contributed by atoms with E-state index in [-0.39, 0.29) is 24.0 Å². The fourth-order valence-corrected chi connectivity index (χ4v) is 1.74. The standard InChI is InChI=1S/C10H18N12O2/c23-9(13-7-15-19-20-16-7)11-5-3-1-2-4-6-12-10(24)14-8-17-21-22-18-8/h1-6H2,(H3,11,13,15,16,19,20,23)(H3,12,14,17,18,21,22,24). The molecule has 0 aliphatic carbocycles. The van der Waals surface area contributed by atoms with E-state index in [1.807, 2.05) is 0 Å². The van der Waals surface area contributed by atoms with Crippen molar-refractivity contribution in [2.45, 2.75) is 25.7 Å². The molecular formula is C10H18N12O2. The van der Waals surface area contributed by atoms with Crippen molar-refractivity contribution < 1.29 is 9.59 Å². The van der Waals surface area contributed by atoms with Crippen LogP contribution in [-0.4, -0.2) is 66.4 Å². The van der Waals surface area contributed by atoms with Crippen molar-refractivity contribution in [2.24, 2.45) is 0 Å². The molecule has 6 N–H and O–H groups in total. The maximum atomic E-state index is 11.4. The topological polar surface area (TPSA) is 191 Å². The minimum Gasteiger partial charge on any atom is -0.338 e. The highest BCUT2D eigenvalue weighted by Gasteiger charge is 2.04. The van der Waals surface area contributed by atoms with Gasteiger partial charge in [0.25, 0.3) is 0 Å². The quantitative estimate of drug-likeness (QED) is 0.320. The molecule has 0 unspecified atom stereocenters. The summed E-state index contributed by atoms with van der Waals surface area (Å²) in [5.41, 5.74) is 0. The number of rotatable bonds is 9. The maximum absolute atomic E-state index is 11.4. The molecule has 0 radical (unpaired) electrons. The van der Waals surface area contributed by atoms with E-state index in [1.54, 1.807) is 0 Å². The molecule has 0 atom stereocenters. The Bertz CT molecular complexity index is 543. The van der Waals surface area contributed by atoms with Crippen LogP contribution < -0.4 is 21.3 Å². The average Bonchev–Trinajstić information content (AvgIpc) is 3.23. The lowest BCUT2D eigenvalue weighted by Gasteiger charge is -2.06. The molecule has 0 aliphatic heterocycles. The molecule has 14 heteroatoms. The number of aromatic amines is 2. The van der Waals surface area contributed by atoms with Crippen molar-refractivity contribution in [1.29, 1.82) is 0 Å². The van der Waals surface area contributed by atoms with Crippen LogP contribution in [0, 0.1) is 0 Å². The van der Waals surface area contributed by atoms with Gasteiger partial charge in [0.15, 0.2) is 0 Å². The van der Waals surface area contributed by atoms with E-state index in [1.165, 1.54) is 0 Å². The molecular weight excluding hydrogens is 320 g/mol. The van der Waals surface area contributed by atoms with Crippen LogP contribution in [-0.2, 0) is 0 Å². The number of amides is 4. The molecule has 14 nitrogen and oxygen atoms in total. The maximum Gasteiger partial charge on any atom is 0.321 e.